The predicted octanol–water partition coefficient (Wildman–Crippen LogP) is 2.24. The summed E-state index contributed by atoms with van der Waals surface area (Å²) < 4.78 is 28.3. The summed E-state index contributed by atoms with van der Waals surface area (Å²) in [6, 6.07) is 9.90. The van der Waals surface area contributed by atoms with Gasteiger partial charge in [0.15, 0.2) is 0 Å². The highest BCUT2D eigenvalue weighted by Gasteiger charge is 2.30. The van der Waals surface area contributed by atoms with E-state index in [-0.39, 0.29) is 18.0 Å². The van der Waals surface area contributed by atoms with Crippen molar-refractivity contribution < 1.29 is 13.2 Å². The van der Waals surface area contributed by atoms with Gasteiger partial charge in [-0.05, 0) is 42.5 Å². The lowest BCUT2D eigenvalue weighted by Crippen LogP contribution is -2.41. The standard InChI is InChI=1S/C20H24ClN3O4S/c1-15-8-11-24(12-9-15)29(27,28)18-7-4-10-23(20(18)26)14-19(25)22-13-16-5-2-3-6-17(16)21/h2-7,10,15H,8-9,11-14H2,1H3,(H,22,25). The first-order valence-electron chi connectivity index (χ1n) is 9.48. The van der Waals surface area contributed by atoms with E-state index in [1.807, 2.05) is 6.07 Å². The van der Waals surface area contributed by atoms with Crippen molar-refractivity contribution in [3.05, 3.63) is 63.5 Å². The summed E-state index contributed by atoms with van der Waals surface area (Å²) in [5, 5.41) is 3.23. The average Bonchev–Trinajstić information content (AvgIpc) is 2.69. The zero-order chi connectivity index (χ0) is 21.0. The van der Waals surface area contributed by atoms with Crippen LogP contribution in [0.5, 0.6) is 0 Å². The molecule has 0 unspecified atom stereocenters. The molecule has 7 nitrogen and oxygen atoms in total. The maximum Gasteiger partial charge on any atom is 0.271 e. The molecule has 2 aromatic rings. The largest absolute Gasteiger partial charge is 0.350 e. The van der Waals surface area contributed by atoms with Gasteiger partial charge in [-0.1, -0.05) is 36.7 Å². The first-order valence-corrected chi connectivity index (χ1v) is 11.3. The lowest BCUT2D eigenvalue weighted by Gasteiger charge is -2.29. The number of carbonyl (C=O) groups excluding carboxylic acids is 1. The second kappa shape index (κ2) is 9.11. The molecule has 1 saturated heterocycles. The number of sulfonamides is 1. The molecule has 0 radical (unpaired) electrons. The Balaban J connectivity index is 1.72. The van der Waals surface area contributed by atoms with Gasteiger partial charge in [0.2, 0.25) is 15.9 Å². The number of benzene rings is 1. The number of halogens is 1. The van der Waals surface area contributed by atoms with Gasteiger partial charge in [-0.2, -0.15) is 4.31 Å². The van der Waals surface area contributed by atoms with Crippen molar-refractivity contribution >= 4 is 27.5 Å². The molecule has 1 aliphatic heterocycles. The number of nitrogens with one attached hydrogen (secondary N) is 1. The molecule has 9 heteroatoms. The van der Waals surface area contributed by atoms with Crippen molar-refractivity contribution in [2.45, 2.75) is 37.8 Å². The molecule has 1 N–H and O–H groups in total. The molecule has 1 aromatic carbocycles. The number of nitrogens with zero attached hydrogens (tertiary/aromatic N) is 2. The fourth-order valence-corrected chi connectivity index (χ4v) is 5.01. The quantitative estimate of drug-likeness (QED) is 0.750. The van der Waals surface area contributed by atoms with Gasteiger partial charge >= 0.3 is 0 Å². The Morgan fingerprint density at radius 3 is 2.55 bits per heavy atom. The van der Waals surface area contributed by atoms with Crippen LogP contribution < -0.4 is 10.9 Å². The second-order valence-corrected chi connectivity index (χ2v) is 9.57. The molecule has 0 aliphatic carbocycles. The van der Waals surface area contributed by atoms with Crippen LogP contribution in [0.2, 0.25) is 5.02 Å². The summed E-state index contributed by atoms with van der Waals surface area (Å²) in [6.45, 7) is 2.83. The maximum atomic E-state index is 12.9. The van der Waals surface area contributed by atoms with Crippen LogP contribution in [0.15, 0.2) is 52.3 Å². The molecule has 0 bridgehead atoms. The molecule has 29 heavy (non-hydrogen) atoms. The van der Waals surface area contributed by atoms with Crippen LogP contribution in [0.25, 0.3) is 0 Å². The van der Waals surface area contributed by atoms with Gasteiger partial charge in [0, 0.05) is 30.9 Å². The number of amides is 1. The normalized spacial score (nSPS) is 15.9. The smallest absolute Gasteiger partial charge is 0.271 e. The van der Waals surface area contributed by atoms with Gasteiger partial charge in [-0.3, -0.25) is 9.59 Å². The molecule has 0 atom stereocenters. The molecule has 1 aliphatic rings. The maximum absolute atomic E-state index is 12.9. The monoisotopic (exact) mass is 437 g/mol. The molecule has 1 aromatic heterocycles. The highest BCUT2D eigenvalue weighted by molar-refractivity contribution is 7.89. The number of hydrogen-bond donors (Lipinski definition) is 1. The molecule has 156 valence electrons. The highest BCUT2D eigenvalue weighted by Crippen LogP contribution is 2.21. The first-order chi connectivity index (χ1) is 13.8. The molecule has 3 rings (SSSR count). The minimum atomic E-state index is -3.88. The van der Waals surface area contributed by atoms with Crippen LogP contribution in [0.3, 0.4) is 0 Å². The summed E-state index contributed by atoms with van der Waals surface area (Å²) in [6.07, 6.45) is 2.95. The van der Waals surface area contributed by atoms with E-state index in [0.717, 1.165) is 23.0 Å². The van der Waals surface area contributed by atoms with E-state index in [9.17, 15) is 18.0 Å². The minimum Gasteiger partial charge on any atom is -0.350 e. The summed E-state index contributed by atoms with van der Waals surface area (Å²) in [4.78, 5) is 24.7. The summed E-state index contributed by atoms with van der Waals surface area (Å²) >= 11 is 6.07. The number of hydrogen-bond acceptors (Lipinski definition) is 4. The summed E-state index contributed by atoms with van der Waals surface area (Å²) in [7, 11) is -3.88. The Kier molecular flexibility index (Phi) is 6.77. The number of rotatable bonds is 6. The van der Waals surface area contributed by atoms with Gasteiger partial charge in [0.25, 0.3) is 5.56 Å². The fraction of sp³-hybridized carbons (Fsp3) is 0.400. The zero-order valence-electron chi connectivity index (χ0n) is 16.2. The van der Waals surface area contributed by atoms with Crippen LogP contribution in [0, 0.1) is 5.92 Å². The molecule has 0 spiro atoms. The van der Waals surface area contributed by atoms with E-state index in [4.69, 9.17) is 11.6 Å². The van der Waals surface area contributed by atoms with Crippen molar-refractivity contribution in [1.82, 2.24) is 14.2 Å². The van der Waals surface area contributed by atoms with Crippen molar-refractivity contribution in [2.24, 2.45) is 5.92 Å². The molecular formula is C20H24ClN3O4S. The van der Waals surface area contributed by atoms with E-state index in [1.165, 1.54) is 22.6 Å². The summed E-state index contributed by atoms with van der Waals surface area (Å²) in [5.41, 5.74) is 0.0598. The molecule has 1 amide bonds. The van der Waals surface area contributed by atoms with Crippen LogP contribution in [0.1, 0.15) is 25.3 Å². The number of aromatic nitrogens is 1. The lowest BCUT2D eigenvalue weighted by molar-refractivity contribution is -0.121. The minimum absolute atomic E-state index is 0.219. The Hall–Kier alpha value is -2.16. The van der Waals surface area contributed by atoms with Crippen LogP contribution >= 0.6 is 11.6 Å². The number of pyridine rings is 1. The fourth-order valence-electron chi connectivity index (χ4n) is 3.25. The van der Waals surface area contributed by atoms with E-state index >= 15 is 0 Å². The Morgan fingerprint density at radius 2 is 1.86 bits per heavy atom. The highest BCUT2D eigenvalue weighted by atomic mass is 35.5. The van der Waals surface area contributed by atoms with Gasteiger partial charge in [0.05, 0.1) is 0 Å². The van der Waals surface area contributed by atoms with Gasteiger partial charge in [0.1, 0.15) is 11.4 Å². The third kappa shape index (κ3) is 5.07. The van der Waals surface area contributed by atoms with E-state index in [2.05, 4.69) is 12.2 Å². The van der Waals surface area contributed by atoms with Crippen LogP contribution in [-0.4, -0.2) is 36.3 Å². The Bertz CT molecular complexity index is 1040. The second-order valence-electron chi connectivity index (χ2n) is 7.26. The average molecular weight is 438 g/mol. The first kappa shape index (κ1) is 21.5. The van der Waals surface area contributed by atoms with Crippen molar-refractivity contribution in [2.75, 3.05) is 13.1 Å². The van der Waals surface area contributed by atoms with Gasteiger partial charge in [-0.15, -0.1) is 0 Å². The number of carbonyl (C=O) groups is 1. The van der Waals surface area contributed by atoms with E-state index in [0.29, 0.717) is 24.0 Å². The van der Waals surface area contributed by atoms with Crippen LogP contribution in [0.4, 0.5) is 0 Å². The SMILES string of the molecule is CC1CCN(S(=O)(=O)c2cccn(CC(=O)NCc3ccccc3Cl)c2=O)CC1. The Labute approximate surface area is 175 Å². The van der Waals surface area contributed by atoms with Gasteiger partial charge < -0.3 is 9.88 Å². The third-order valence-electron chi connectivity index (χ3n) is 5.09. The van der Waals surface area contributed by atoms with Crippen molar-refractivity contribution in [3.63, 3.8) is 0 Å². The topological polar surface area (TPSA) is 88.5 Å². The Morgan fingerprint density at radius 1 is 1.17 bits per heavy atom. The third-order valence-corrected chi connectivity index (χ3v) is 7.37. The van der Waals surface area contributed by atoms with Gasteiger partial charge in [-0.25, -0.2) is 8.42 Å². The van der Waals surface area contributed by atoms with Crippen molar-refractivity contribution in [1.29, 1.82) is 0 Å². The predicted molar refractivity (Wildman–Crippen MR) is 111 cm³/mol. The molecule has 1 fully saturated rings. The molecule has 0 saturated carbocycles. The van der Waals surface area contributed by atoms with E-state index in [1.54, 1.807) is 18.2 Å². The van der Waals surface area contributed by atoms with Crippen molar-refractivity contribution in [3.8, 4) is 0 Å². The van der Waals surface area contributed by atoms with Crippen LogP contribution in [-0.2, 0) is 27.9 Å². The summed E-state index contributed by atoms with van der Waals surface area (Å²) in [5.74, 6) is 0.0593. The van der Waals surface area contributed by atoms with E-state index < -0.39 is 21.5 Å². The zero-order valence-corrected chi connectivity index (χ0v) is 17.7. The lowest BCUT2D eigenvalue weighted by atomic mass is 10.0. The molecule has 2 heterocycles. The molecular weight excluding hydrogens is 414 g/mol. The number of piperidine rings is 1.